The molecule has 4 heteroatoms. The van der Waals surface area contributed by atoms with Crippen LogP contribution in [-0.2, 0) is 11.2 Å². The molecule has 1 amide bonds. The normalized spacial score (nSPS) is 17.2. The lowest BCUT2D eigenvalue weighted by Crippen LogP contribution is -2.46. The van der Waals surface area contributed by atoms with Crippen molar-refractivity contribution in [3.05, 3.63) is 71.8 Å². The lowest BCUT2D eigenvalue weighted by molar-refractivity contribution is -0.130. The van der Waals surface area contributed by atoms with Crippen LogP contribution in [0.15, 0.2) is 60.7 Å². The van der Waals surface area contributed by atoms with Gasteiger partial charge in [-0.15, -0.1) is 0 Å². The Kier molecular flexibility index (Phi) is 6.20. The zero-order valence-corrected chi connectivity index (χ0v) is 14.5. The van der Waals surface area contributed by atoms with E-state index < -0.39 is 6.10 Å². The number of amides is 1. The average molecular weight is 338 g/mol. The van der Waals surface area contributed by atoms with Gasteiger partial charge in [0.05, 0.1) is 0 Å². The molecular weight excluding hydrogens is 312 g/mol. The predicted molar refractivity (Wildman–Crippen MR) is 99.2 cm³/mol. The second kappa shape index (κ2) is 8.79. The molecule has 1 aliphatic heterocycles. The number of nitrogens with one attached hydrogen (secondary N) is 1. The first-order valence-corrected chi connectivity index (χ1v) is 9.02. The molecule has 0 saturated carbocycles. The fourth-order valence-electron chi connectivity index (χ4n) is 3.30. The quantitative estimate of drug-likeness (QED) is 0.851. The Hall–Kier alpha value is -2.17. The van der Waals surface area contributed by atoms with Crippen LogP contribution < -0.4 is 5.32 Å². The van der Waals surface area contributed by atoms with E-state index in [0.29, 0.717) is 5.56 Å². The summed E-state index contributed by atoms with van der Waals surface area (Å²) in [5.41, 5.74) is 2.00. The molecule has 0 spiro atoms. The van der Waals surface area contributed by atoms with Crippen LogP contribution in [-0.4, -0.2) is 41.6 Å². The smallest absolute Gasteiger partial charge is 0.253 e. The van der Waals surface area contributed by atoms with Crippen LogP contribution in [0.2, 0.25) is 0 Å². The van der Waals surface area contributed by atoms with Gasteiger partial charge in [0.15, 0.2) is 6.10 Å². The van der Waals surface area contributed by atoms with Crippen LogP contribution in [0.25, 0.3) is 0 Å². The molecule has 1 atom stereocenters. The number of piperidine rings is 1. The van der Waals surface area contributed by atoms with Gasteiger partial charge < -0.3 is 15.3 Å². The van der Waals surface area contributed by atoms with Crippen LogP contribution in [0.4, 0.5) is 0 Å². The van der Waals surface area contributed by atoms with Crippen molar-refractivity contribution in [2.24, 2.45) is 0 Å². The third kappa shape index (κ3) is 5.15. The molecule has 2 aromatic carbocycles. The van der Waals surface area contributed by atoms with Gasteiger partial charge in [-0.2, -0.15) is 0 Å². The maximum atomic E-state index is 12.2. The minimum absolute atomic E-state index is 0.152. The monoisotopic (exact) mass is 338 g/mol. The highest BCUT2D eigenvalue weighted by Gasteiger charge is 2.24. The molecule has 1 fully saturated rings. The highest BCUT2D eigenvalue weighted by molar-refractivity contribution is 5.82. The lowest BCUT2D eigenvalue weighted by Gasteiger charge is -2.32. The second-order valence-corrected chi connectivity index (χ2v) is 6.67. The fourth-order valence-corrected chi connectivity index (χ4v) is 3.30. The molecule has 132 valence electrons. The molecule has 1 unspecified atom stereocenters. The van der Waals surface area contributed by atoms with Crippen molar-refractivity contribution in [1.29, 1.82) is 0 Å². The van der Waals surface area contributed by atoms with E-state index in [9.17, 15) is 9.90 Å². The Bertz CT molecular complexity index is 652. The topological polar surface area (TPSA) is 52.6 Å². The third-order valence-electron chi connectivity index (χ3n) is 4.86. The third-order valence-corrected chi connectivity index (χ3v) is 4.86. The number of aliphatic hydroxyl groups is 1. The Morgan fingerprint density at radius 2 is 1.64 bits per heavy atom. The second-order valence-electron chi connectivity index (χ2n) is 6.67. The maximum Gasteiger partial charge on any atom is 0.253 e. The summed E-state index contributed by atoms with van der Waals surface area (Å²) in [5.74, 6) is -0.297. The standard InChI is InChI=1S/C21H26N2O2/c24-20(18-9-5-2-6-10-18)21(25)22-19-12-15-23(16-13-19)14-11-17-7-3-1-4-8-17/h1-10,19-20,24H,11-16H2,(H,22,25). The van der Waals surface area contributed by atoms with E-state index >= 15 is 0 Å². The van der Waals surface area contributed by atoms with E-state index in [1.807, 2.05) is 24.3 Å². The van der Waals surface area contributed by atoms with Crippen molar-refractivity contribution >= 4 is 5.91 Å². The van der Waals surface area contributed by atoms with Gasteiger partial charge in [-0.25, -0.2) is 0 Å². The minimum atomic E-state index is -1.09. The van der Waals surface area contributed by atoms with Gasteiger partial charge >= 0.3 is 0 Å². The van der Waals surface area contributed by atoms with Crippen molar-refractivity contribution < 1.29 is 9.90 Å². The zero-order valence-electron chi connectivity index (χ0n) is 14.5. The maximum absolute atomic E-state index is 12.2. The first-order chi connectivity index (χ1) is 12.2. The van der Waals surface area contributed by atoms with Crippen molar-refractivity contribution in [2.45, 2.75) is 31.4 Å². The Morgan fingerprint density at radius 3 is 2.28 bits per heavy atom. The summed E-state index contributed by atoms with van der Waals surface area (Å²) in [7, 11) is 0. The van der Waals surface area contributed by atoms with Gasteiger partial charge in [0, 0.05) is 25.7 Å². The Morgan fingerprint density at radius 1 is 1.04 bits per heavy atom. The first kappa shape index (κ1) is 17.6. The van der Waals surface area contributed by atoms with E-state index in [-0.39, 0.29) is 11.9 Å². The fraction of sp³-hybridized carbons (Fsp3) is 0.381. The summed E-state index contributed by atoms with van der Waals surface area (Å²) in [4.78, 5) is 14.7. The van der Waals surface area contributed by atoms with Crippen LogP contribution in [0.5, 0.6) is 0 Å². The van der Waals surface area contributed by atoms with E-state index in [0.717, 1.165) is 38.9 Å². The van der Waals surface area contributed by atoms with E-state index in [4.69, 9.17) is 0 Å². The highest BCUT2D eigenvalue weighted by Crippen LogP contribution is 2.15. The molecule has 0 aliphatic carbocycles. The number of hydrogen-bond donors (Lipinski definition) is 2. The number of aliphatic hydroxyl groups excluding tert-OH is 1. The van der Waals surface area contributed by atoms with Crippen LogP contribution in [0.1, 0.15) is 30.1 Å². The van der Waals surface area contributed by atoms with Gasteiger partial charge in [-0.05, 0) is 30.4 Å². The summed E-state index contributed by atoms with van der Waals surface area (Å²) in [5, 5.41) is 13.2. The SMILES string of the molecule is O=C(NC1CCN(CCc2ccccc2)CC1)C(O)c1ccccc1. The Labute approximate surface area is 149 Å². The predicted octanol–water partition coefficient (Wildman–Crippen LogP) is 2.54. The minimum Gasteiger partial charge on any atom is -0.378 e. The number of hydrogen-bond acceptors (Lipinski definition) is 3. The van der Waals surface area contributed by atoms with Gasteiger partial charge in [-0.3, -0.25) is 4.79 Å². The first-order valence-electron chi connectivity index (χ1n) is 9.02. The van der Waals surface area contributed by atoms with Gasteiger partial charge in [-0.1, -0.05) is 60.7 Å². The van der Waals surface area contributed by atoms with Crippen LogP contribution >= 0.6 is 0 Å². The molecule has 3 rings (SSSR count). The molecular formula is C21H26N2O2. The lowest BCUT2D eigenvalue weighted by atomic mass is 10.0. The molecule has 0 radical (unpaired) electrons. The summed E-state index contributed by atoms with van der Waals surface area (Å²) in [6.07, 6.45) is 1.84. The summed E-state index contributed by atoms with van der Waals surface area (Å²) in [6.45, 7) is 3.02. The molecule has 4 nitrogen and oxygen atoms in total. The molecule has 2 aromatic rings. The van der Waals surface area contributed by atoms with Gasteiger partial charge in [0.2, 0.25) is 0 Å². The van der Waals surface area contributed by atoms with Crippen molar-refractivity contribution in [3.8, 4) is 0 Å². The molecule has 1 saturated heterocycles. The van der Waals surface area contributed by atoms with Crippen molar-refractivity contribution in [1.82, 2.24) is 10.2 Å². The number of carbonyl (C=O) groups excluding carboxylic acids is 1. The van der Waals surface area contributed by atoms with Crippen molar-refractivity contribution in [2.75, 3.05) is 19.6 Å². The zero-order chi connectivity index (χ0) is 17.5. The number of likely N-dealkylation sites (tertiary alicyclic amines) is 1. The summed E-state index contributed by atoms with van der Waals surface area (Å²) >= 11 is 0. The molecule has 0 aromatic heterocycles. The number of benzene rings is 2. The Balaban J connectivity index is 1.41. The molecule has 0 bridgehead atoms. The molecule has 25 heavy (non-hydrogen) atoms. The molecule has 1 aliphatic rings. The van der Waals surface area contributed by atoms with E-state index in [1.54, 1.807) is 12.1 Å². The molecule has 2 N–H and O–H groups in total. The largest absolute Gasteiger partial charge is 0.378 e. The average Bonchev–Trinajstić information content (AvgIpc) is 2.68. The van der Waals surface area contributed by atoms with Crippen LogP contribution in [0, 0.1) is 0 Å². The van der Waals surface area contributed by atoms with Crippen molar-refractivity contribution in [3.63, 3.8) is 0 Å². The van der Waals surface area contributed by atoms with E-state index in [1.165, 1.54) is 5.56 Å². The van der Waals surface area contributed by atoms with Gasteiger partial charge in [0.25, 0.3) is 5.91 Å². The van der Waals surface area contributed by atoms with Gasteiger partial charge in [0.1, 0.15) is 0 Å². The highest BCUT2D eigenvalue weighted by atomic mass is 16.3. The summed E-state index contributed by atoms with van der Waals surface area (Å²) in [6, 6.07) is 19.8. The number of carbonyl (C=O) groups is 1. The van der Waals surface area contributed by atoms with E-state index in [2.05, 4.69) is 34.5 Å². The molecule has 1 heterocycles. The number of nitrogens with zero attached hydrogens (tertiary/aromatic N) is 1. The summed E-state index contributed by atoms with van der Waals surface area (Å²) < 4.78 is 0. The number of rotatable bonds is 6. The van der Waals surface area contributed by atoms with Crippen LogP contribution in [0.3, 0.4) is 0 Å².